The molecule has 2 nitrogen and oxygen atoms in total. The Morgan fingerprint density at radius 2 is 0.979 bits per heavy atom. The number of nitrogens with zero attached hydrogens (tertiary/aromatic N) is 2. The minimum atomic E-state index is -0.411. The lowest BCUT2D eigenvalue weighted by Crippen LogP contribution is -2.36. The lowest BCUT2D eigenvalue weighted by molar-refractivity contribution is 0.750. The van der Waals surface area contributed by atoms with Crippen LogP contribution in [-0.2, 0) is 5.41 Å². The summed E-state index contributed by atoms with van der Waals surface area (Å²) in [5.41, 5.74) is 17.7. The molecular formula is C45H30N2. The normalized spacial score (nSPS) is 14.3. The Labute approximate surface area is 273 Å². The van der Waals surface area contributed by atoms with Crippen molar-refractivity contribution in [2.75, 3.05) is 4.90 Å². The molecule has 0 fully saturated rings. The van der Waals surface area contributed by atoms with Crippen LogP contribution in [0.1, 0.15) is 33.4 Å². The molecule has 0 atom stereocenters. The van der Waals surface area contributed by atoms with E-state index in [1.165, 1.54) is 99.7 Å². The van der Waals surface area contributed by atoms with Crippen LogP contribution in [0.4, 0.5) is 17.1 Å². The van der Waals surface area contributed by atoms with E-state index in [1.807, 2.05) is 0 Å². The van der Waals surface area contributed by atoms with Crippen LogP contribution >= 0.6 is 0 Å². The van der Waals surface area contributed by atoms with Gasteiger partial charge in [-0.25, -0.2) is 0 Å². The molecule has 1 aliphatic heterocycles. The third-order valence-corrected chi connectivity index (χ3v) is 11.0. The van der Waals surface area contributed by atoms with Gasteiger partial charge in [0.05, 0.1) is 33.3 Å². The molecule has 1 aliphatic carbocycles. The summed E-state index contributed by atoms with van der Waals surface area (Å²) in [4.78, 5) is 2.52. The second-order valence-corrected chi connectivity index (χ2v) is 13.5. The SMILES string of the molecule is Cc1ccc2c(c1)C1(c3ccccc3-c3ccccc31)c1cc(C)ccc1N2c1ccc2c(c1)c1cccc3c4ccccc4n2c31. The molecule has 2 aliphatic rings. The summed E-state index contributed by atoms with van der Waals surface area (Å²) in [6.07, 6.45) is 0. The van der Waals surface area contributed by atoms with E-state index in [1.54, 1.807) is 0 Å². The molecule has 0 unspecified atom stereocenters. The molecule has 0 amide bonds. The lowest BCUT2D eigenvalue weighted by Gasteiger charge is -2.45. The number of aromatic nitrogens is 1. The van der Waals surface area contributed by atoms with E-state index < -0.39 is 5.41 Å². The number of fused-ring (bicyclic) bond motifs is 15. The Balaban J connectivity index is 1.25. The number of anilines is 3. The Morgan fingerprint density at radius 1 is 0.426 bits per heavy atom. The average Bonchev–Trinajstić information content (AvgIpc) is 3.73. The Kier molecular flexibility index (Phi) is 4.68. The van der Waals surface area contributed by atoms with Crippen molar-refractivity contribution in [3.05, 3.63) is 179 Å². The lowest BCUT2D eigenvalue weighted by atomic mass is 9.64. The maximum absolute atomic E-state index is 2.52. The first-order valence-corrected chi connectivity index (χ1v) is 16.5. The minimum absolute atomic E-state index is 0.411. The van der Waals surface area contributed by atoms with Crippen LogP contribution in [0.15, 0.2) is 146 Å². The molecule has 0 bridgehead atoms. The predicted octanol–water partition coefficient (Wildman–Crippen LogP) is 11.6. The molecule has 1 spiro atoms. The van der Waals surface area contributed by atoms with Crippen LogP contribution < -0.4 is 4.90 Å². The highest BCUT2D eigenvalue weighted by Gasteiger charge is 2.51. The number of hydrogen-bond donors (Lipinski definition) is 0. The van der Waals surface area contributed by atoms with Gasteiger partial charge in [-0.15, -0.1) is 0 Å². The Bertz CT molecular complexity index is 2680. The van der Waals surface area contributed by atoms with Crippen molar-refractivity contribution < 1.29 is 0 Å². The van der Waals surface area contributed by atoms with Crippen LogP contribution in [0.5, 0.6) is 0 Å². The molecule has 2 heteroatoms. The first kappa shape index (κ1) is 25.3. The van der Waals surface area contributed by atoms with E-state index in [-0.39, 0.29) is 0 Å². The zero-order valence-corrected chi connectivity index (χ0v) is 26.3. The van der Waals surface area contributed by atoms with Gasteiger partial charge in [0.15, 0.2) is 0 Å². The predicted molar refractivity (Wildman–Crippen MR) is 196 cm³/mol. The maximum atomic E-state index is 2.52. The highest BCUT2D eigenvalue weighted by Crippen LogP contribution is 2.63. The second-order valence-electron chi connectivity index (χ2n) is 13.5. The van der Waals surface area contributed by atoms with Crippen LogP contribution in [0, 0.1) is 13.8 Å². The summed E-state index contributed by atoms with van der Waals surface area (Å²) in [5.74, 6) is 0. The fraction of sp³-hybridized carbons (Fsp3) is 0.0667. The molecular weight excluding hydrogens is 569 g/mol. The van der Waals surface area contributed by atoms with Crippen LogP contribution in [0.25, 0.3) is 49.2 Å². The summed E-state index contributed by atoms with van der Waals surface area (Å²) in [5, 5.41) is 5.21. The van der Waals surface area contributed by atoms with Crippen molar-refractivity contribution in [3.63, 3.8) is 0 Å². The van der Waals surface area contributed by atoms with Gasteiger partial charge in [0.2, 0.25) is 0 Å². The van der Waals surface area contributed by atoms with E-state index in [0.29, 0.717) is 0 Å². The van der Waals surface area contributed by atoms with Crippen LogP contribution in [0.3, 0.4) is 0 Å². The molecule has 3 heterocycles. The van der Waals surface area contributed by atoms with Gasteiger partial charge in [0, 0.05) is 27.2 Å². The number of hydrogen-bond acceptors (Lipinski definition) is 1. The molecule has 0 N–H and O–H groups in total. The summed E-state index contributed by atoms with van der Waals surface area (Å²) in [6.45, 7) is 4.46. The van der Waals surface area contributed by atoms with Gasteiger partial charge in [0.25, 0.3) is 0 Å². The molecule has 220 valence electrons. The first-order valence-electron chi connectivity index (χ1n) is 16.5. The van der Waals surface area contributed by atoms with E-state index >= 15 is 0 Å². The molecule has 9 aromatic rings. The summed E-state index contributed by atoms with van der Waals surface area (Å²) in [6, 6.07) is 54.9. The maximum Gasteiger partial charge on any atom is 0.0754 e. The number of benzene rings is 7. The first-order chi connectivity index (χ1) is 23.1. The van der Waals surface area contributed by atoms with Crippen LogP contribution in [-0.4, -0.2) is 4.40 Å². The van der Waals surface area contributed by atoms with E-state index in [9.17, 15) is 0 Å². The number of aryl methyl sites for hydroxylation is 2. The van der Waals surface area contributed by atoms with Crippen LogP contribution in [0.2, 0.25) is 0 Å². The quantitative estimate of drug-likeness (QED) is 0.182. The summed E-state index contributed by atoms with van der Waals surface area (Å²) < 4.78 is 2.46. The van der Waals surface area contributed by atoms with Crippen molar-refractivity contribution in [1.82, 2.24) is 4.40 Å². The fourth-order valence-electron chi connectivity index (χ4n) is 9.22. The van der Waals surface area contributed by atoms with Crippen molar-refractivity contribution in [2.45, 2.75) is 19.3 Å². The second kappa shape index (κ2) is 8.69. The van der Waals surface area contributed by atoms with Gasteiger partial charge >= 0.3 is 0 Å². The molecule has 7 aromatic carbocycles. The minimum Gasteiger partial charge on any atom is -0.310 e. The summed E-state index contributed by atoms with van der Waals surface area (Å²) >= 11 is 0. The van der Waals surface area contributed by atoms with E-state index in [4.69, 9.17) is 0 Å². The molecule has 2 aromatic heterocycles. The fourth-order valence-corrected chi connectivity index (χ4v) is 9.22. The summed E-state index contributed by atoms with van der Waals surface area (Å²) in [7, 11) is 0. The topological polar surface area (TPSA) is 7.65 Å². The van der Waals surface area contributed by atoms with E-state index in [0.717, 1.165) is 0 Å². The van der Waals surface area contributed by atoms with Crippen molar-refractivity contribution in [3.8, 4) is 11.1 Å². The third-order valence-electron chi connectivity index (χ3n) is 11.0. The molecule has 47 heavy (non-hydrogen) atoms. The Hall–Kier alpha value is -5.86. The number of para-hydroxylation sites is 2. The monoisotopic (exact) mass is 598 g/mol. The third kappa shape index (κ3) is 2.97. The van der Waals surface area contributed by atoms with Gasteiger partial charge in [-0.1, -0.05) is 120 Å². The van der Waals surface area contributed by atoms with Gasteiger partial charge in [-0.05, 0) is 83.6 Å². The molecule has 0 saturated heterocycles. The largest absolute Gasteiger partial charge is 0.310 e. The van der Waals surface area contributed by atoms with Crippen molar-refractivity contribution >= 4 is 55.2 Å². The Morgan fingerprint density at radius 3 is 1.66 bits per heavy atom. The smallest absolute Gasteiger partial charge is 0.0754 e. The van der Waals surface area contributed by atoms with E-state index in [2.05, 4.69) is 169 Å². The standard InChI is InChI=1S/C45H30N2/c1-27-18-21-42-38(24-27)45(36-15-6-3-10-30(36)31-11-4-7-16-37(31)45)39-25-28(2)19-22-43(39)46(42)29-20-23-41-35(26-29)34-14-9-13-33-32-12-5-8-17-40(32)47(41)44(33)34/h3-26H,1-2H3. The van der Waals surface area contributed by atoms with Gasteiger partial charge < -0.3 is 9.30 Å². The zero-order valence-electron chi connectivity index (χ0n) is 26.3. The molecule has 0 saturated carbocycles. The average molecular weight is 599 g/mol. The van der Waals surface area contributed by atoms with Gasteiger partial charge in [0.1, 0.15) is 0 Å². The van der Waals surface area contributed by atoms with Crippen molar-refractivity contribution in [2.24, 2.45) is 0 Å². The molecule has 0 radical (unpaired) electrons. The highest BCUT2D eigenvalue weighted by molar-refractivity contribution is 6.23. The van der Waals surface area contributed by atoms with Gasteiger partial charge in [-0.3, -0.25) is 0 Å². The van der Waals surface area contributed by atoms with Crippen molar-refractivity contribution in [1.29, 1.82) is 0 Å². The number of rotatable bonds is 1. The van der Waals surface area contributed by atoms with Gasteiger partial charge in [-0.2, -0.15) is 0 Å². The highest BCUT2D eigenvalue weighted by atomic mass is 15.2. The zero-order chi connectivity index (χ0) is 31.0. The molecule has 11 rings (SSSR count).